The number of fused-ring (bicyclic) bond motifs is 1. The van der Waals surface area contributed by atoms with Gasteiger partial charge in [0, 0.05) is 63.1 Å². The van der Waals surface area contributed by atoms with Crippen LogP contribution in [0.25, 0.3) is 0 Å². The molecule has 6 heteroatoms. The van der Waals surface area contributed by atoms with Gasteiger partial charge in [-0.15, -0.1) is 0 Å². The van der Waals surface area contributed by atoms with Crippen molar-refractivity contribution < 1.29 is 9.47 Å². The number of aryl methyl sites for hydroxylation is 2. The highest BCUT2D eigenvalue weighted by molar-refractivity contribution is 5.38. The Balaban J connectivity index is 1.15. The van der Waals surface area contributed by atoms with Crippen LogP contribution in [0.4, 0.5) is 0 Å². The van der Waals surface area contributed by atoms with E-state index in [0.717, 1.165) is 76.7 Å². The van der Waals surface area contributed by atoms with Crippen molar-refractivity contribution >= 4 is 0 Å². The minimum Gasteiger partial charge on any atom is -0.492 e. The number of aromatic nitrogens is 2. The zero-order valence-electron chi connectivity index (χ0n) is 21.2. The summed E-state index contributed by atoms with van der Waals surface area (Å²) in [6.45, 7) is 12.5. The minimum absolute atomic E-state index is 0.362. The van der Waals surface area contributed by atoms with Crippen LogP contribution in [0, 0.1) is 6.92 Å². The van der Waals surface area contributed by atoms with E-state index >= 15 is 0 Å². The van der Waals surface area contributed by atoms with Gasteiger partial charge < -0.3 is 9.47 Å². The first-order valence-electron chi connectivity index (χ1n) is 13.0. The predicted molar refractivity (Wildman–Crippen MR) is 138 cm³/mol. The lowest BCUT2D eigenvalue weighted by Gasteiger charge is -2.32. The second-order valence-electron chi connectivity index (χ2n) is 9.87. The fraction of sp³-hybridized carbons (Fsp3) is 0.483. The highest BCUT2D eigenvalue weighted by atomic mass is 16.5. The molecule has 0 radical (unpaired) electrons. The molecule has 0 N–H and O–H groups in total. The van der Waals surface area contributed by atoms with Gasteiger partial charge in [-0.25, -0.2) is 0 Å². The van der Waals surface area contributed by atoms with E-state index in [9.17, 15) is 0 Å². The Labute approximate surface area is 209 Å². The first-order valence-corrected chi connectivity index (χ1v) is 13.0. The Hall–Kier alpha value is -2.67. The highest BCUT2D eigenvalue weighted by Gasteiger charge is 2.21. The van der Waals surface area contributed by atoms with Crippen LogP contribution < -0.4 is 4.74 Å². The van der Waals surface area contributed by atoms with Gasteiger partial charge in [0.25, 0.3) is 0 Å². The maximum atomic E-state index is 6.18. The molecule has 3 heterocycles. The van der Waals surface area contributed by atoms with E-state index in [1.165, 1.54) is 22.3 Å². The van der Waals surface area contributed by atoms with E-state index in [1.54, 1.807) is 0 Å². The fourth-order valence-electron chi connectivity index (χ4n) is 5.13. The van der Waals surface area contributed by atoms with Crippen molar-refractivity contribution in [3.63, 3.8) is 0 Å². The SMILES string of the molecule is CCn1cc(CN2CCOc3ccc(CN4CCC(OCc5ccccc5)CC4)cc3C2)c(C)n1. The summed E-state index contributed by atoms with van der Waals surface area (Å²) in [5.74, 6) is 1.03. The Morgan fingerprint density at radius 2 is 1.80 bits per heavy atom. The Bertz CT molecular complexity index is 1090. The lowest BCUT2D eigenvalue weighted by molar-refractivity contribution is -0.00394. The Kier molecular flexibility index (Phi) is 7.82. The smallest absolute Gasteiger partial charge is 0.123 e. The van der Waals surface area contributed by atoms with Gasteiger partial charge in [-0.3, -0.25) is 14.5 Å². The molecular formula is C29H38N4O2. The third-order valence-corrected chi connectivity index (χ3v) is 7.22. The number of nitrogens with zero attached hydrogens (tertiary/aromatic N) is 4. The number of likely N-dealkylation sites (tertiary alicyclic amines) is 1. The molecule has 1 saturated heterocycles. The molecule has 1 fully saturated rings. The van der Waals surface area contributed by atoms with E-state index in [0.29, 0.717) is 12.7 Å². The van der Waals surface area contributed by atoms with Crippen LogP contribution in [-0.4, -0.2) is 51.9 Å². The van der Waals surface area contributed by atoms with Crippen LogP contribution in [0.1, 0.15) is 47.7 Å². The molecule has 0 atom stereocenters. The largest absolute Gasteiger partial charge is 0.492 e. The van der Waals surface area contributed by atoms with Gasteiger partial charge in [-0.05, 0) is 49.9 Å². The van der Waals surface area contributed by atoms with Crippen LogP contribution >= 0.6 is 0 Å². The van der Waals surface area contributed by atoms with E-state index in [-0.39, 0.29) is 0 Å². The lowest BCUT2D eigenvalue weighted by Crippen LogP contribution is -2.36. The summed E-state index contributed by atoms with van der Waals surface area (Å²) in [5, 5.41) is 4.62. The van der Waals surface area contributed by atoms with Gasteiger partial charge in [-0.1, -0.05) is 36.4 Å². The standard InChI is InChI=1S/C29H38N4O2/c1-3-33-21-27(23(2)30-33)20-32-15-16-34-29-10-9-25(17-26(29)19-32)18-31-13-11-28(12-14-31)35-22-24-7-5-4-6-8-24/h4-10,17,21,28H,3,11-16,18-20,22H2,1-2H3. The normalized spacial score (nSPS) is 17.7. The summed E-state index contributed by atoms with van der Waals surface area (Å²) in [6.07, 6.45) is 4.74. The molecule has 3 aromatic rings. The summed E-state index contributed by atoms with van der Waals surface area (Å²) in [5.41, 5.74) is 6.35. The van der Waals surface area contributed by atoms with E-state index in [4.69, 9.17) is 9.47 Å². The molecule has 0 spiro atoms. The molecule has 0 bridgehead atoms. The van der Waals surface area contributed by atoms with Crippen LogP contribution in [0.5, 0.6) is 5.75 Å². The molecule has 35 heavy (non-hydrogen) atoms. The first kappa shape index (κ1) is 24.0. The Morgan fingerprint density at radius 1 is 0.971 bits per heavy atom. The third-order valence-electron chi connectivity index (χ3n) is 7.22. The molecule has 2 aliphatic heterocycles. The van der Waals surface area contributed by atoms with Crippen molar-refractivity contribution in [2.24, 2.45) is 0 Å². The molecule has 0 aliphatic carbocycles. The third kappa shape index (κ3) is 6.31. The van der Waals surface area contributed by atoms with Gasteiger partial charge in [0.2, 0.25) is 0 Å². The second-order valence-corrected chi connectivity index (χ2v) is 9.87. The quantitative estimate of drug-likeness (QED) is 0.470. The predicted octanol–water partition coefficient (Wildman–Crippen LogP) is 4.79. The highest BCUT2D eigenvalue weighted by Crippen LogP contribution is 2.27. The number of ether oxygens (including phenoxy) is 2. The maximum absolute atomic E-state index is 6.18. The summed E-state index contributed by atoms with van der Waals surface area (Å²) in [4.78, 5) is 5.04. The molecule has 5 rings (SSSR count). The summed E-state index contributed by atoms with van der Waals surface area (Å²) < 4.78 is 14.3. The summed E-state index contributed by atoms with van der Waals surface area (Å²) >= 11 is 0. The van der Waals surface area contributed by atoms with Crippen molar-refractivity contribution in [1.29, 1.82) is 0 Å². The molecule has 2 aromatic carbocycles. The summed E-state index contributed by atoms with van der Waals surface area (Å²) in [7, 11) is 0. The van der Waals surface area contributed by atoms with Crippen molar-refractivity contribution in [2.45, 2.75) is 65.6 Å². The maximum Gasteiger partial charge on any atom is 0.123 e. The van der Waals surface area contributed by atoms with Crippen LogP contribution in [0.3, 0.4) is 0 Å². The molecule has 6 nitrogen and oxygen atoms in total. The molecule has 0 amide bonds. The number of hydrogen-bond donors (Lipinski definition) is 0. The zero-order valence-corrected chi connectivity index (χ0v) is 21.2. The van der Waals surface area contributed by atoms with Crippen LogP contribution in [0.15, 0.2) is 54.7 Å². The van der Waals surface area contributed by atoms with E-state index in [1.807, 2.05) is 4.68 Å². The van der Waals surface area contributed by atoms with E-state index in [2.05, 4.69) is 83.5 Å². The Morgan fingerprint density at radius 3 is 2.57 bits per heavy atom. The average Bonchev–Trinajstić information content (AvgIpc) is 3.11. The van der Waals surface area contributed by atoms with Gasteiger partial charge in [0.05, 0.1) is 18.4 Å². The van der Waals surface area contributed by atoms with Crippen LogP contribution in [0.2, 0.25) is 0 Å². The number of piperidine rings is 1. The average molecular weight is 475 g/mol. The van der Waals surface area contributed by atoms with E-state index < -0.39 is 0 Å². The summed E-state index contributed by atoms with van der Waals surface area (Å²) in [6, 6.07) is 17.2. The second kappa shape index (κ2) is 11.4. The van der Waals surface area contributed by atoms with Crippen molar-refractivity contribution in [2.75, 3.05) is 26.2 Å². The lowest BCUT2D eigenvalue weighted by atomic mass is 10.0. The van der Waals surface area contributed by atoms with Gasteiger partial charge in [-0.2, -0.15) is 5.10 Å². The van der Waals surface area contributed by atoms with Crippen molar-refractivity contribution in [1.82, 2.24) is 19.6 Å². The number of benzene rings is 2. The molecule has 186 valence electrons. The fourth-order valence-corrected chi connectivity index (χ4v) is 5.13. The molecule has 0 saturated carbocycles. The van der Waals surface area contributed by atoms with Gasteiger partial charge in [0.15, 0.2) is 0 Å². The van der Waals surface area contributed by atoms with Crippen LogP contribution in [-0.2, 0) is 37.5 Å². The van der Waals surface area contributed by atoms with Crippen molar-refractivity contribution in [3.05, 3.63) is 82.7 Å². The van der Waals surface area contributed by atoms with Gasteiger partial charge >= 0.3 is 0 Å². The zero-order chi connectivity index (χ0) is 24.0. The van der Waals surface area contributed by atoms with Crippen molar-refractivity contribution in [3.8, 4) is 5.75 Å². The van der Waals surface area contributed by atoms with Gasteiger partial charge in [0.1, 0.15) is 12.4 Å². The monoisotopic (exact) mass is 474 g/mol. The molecule has 1 aromatic heterocycles. The first-order chi connectivity index (χ1) is 17.2. The molecular weight excluding hydrogens is 436 g/mol. The topological polar surface area (TPSA) is 42.8 Å². The number of hydrogen-bond acceptors (Lipinski definition) is 5. The number of rotatable bonds is 8. The minimum atomic E-state index is 0.362. The molecule has 2 aliphatic rings. The molecule has 0 unspecified atom stereocenters.